The quantitative estimate of drug-likeness (QED) is 0.318. The molecule has 1 aromatic carbocycles. The van der Waals surface area contributed by atoms with E-state index in [1.54, 1.807) is 0 Å². The van der Waals surface area contributed by atoms with Crippen molar-refractivity contribution >= 4 is 35.6 Å². The van der Waals surface area contributed by atoms with Crippen molar-refractivity contribution in [3.8, 4) is 0 Å². The SMILES string of the molecule is CN=C(NCc1ccc(N2CC=CC2)cc1)NC1CC2CCC1O2.I. The van der Waals surface area contributed by atoms with E-state index in [9.17, 15) is 0 Å². The zero-order chi connectivity index (χ0) is 16.4. The molecule has 2 N–H and O–H groups in total. The summed E-state index contributed by atoms with van der Waals surface area (Å²) < 4.78 is 5.90. The molecule has 2 saturated heterocycles. The van der Waals surface area contributed by atoms with Gasteiger partial charge in [-0.15, -0.1) is 24.0 Å². The summed E-state index contributed by atoms with van der Waals surface area (Å²) in [4.78, 5) is 6.71. The lowest BCUT2D eigenvalue weighted by Crippen LogP contribution is -2.47. The molecule has 0 amide bonds. The van der Waals surface area contributed by atoms with Gasteiger partial charge in [-0.3, -0.25) is 4.99 Å². The van der Waals surface area contributed by atoms with Crippen LogP contribution in [0.1, 0.15) is 24.8 Å². The first-order valence-electron chi connectivity index (χ1n) is 8.93. The van der Waals surface area contributed by atoms with Crippen molar-refractivity contribution in [1.82, 2.24) is 10.6 Å². The molecule has 136 valence electrons. The number of benzene rings is 1. The minimum Gasteiger partial charge on any atom is -0.373 e. The lowest BCUT2D eigenvalue weighted by atomic mass is 9.96. The van der Waals surface area contributed by atoms with Crippen LogP contribution in [0.15, 0.2) is 41.4 Å². The highest BCUT2D eigenvalue weighted by molar-refractivity contribution is 14.0. The molecule has 6 heteroatoms. The van der Waals surface area contributed by atoms with Crippen LogP contribution in [0.3, 0.4) is 0 Å². The number of anilines is 1. The van der Waals surface area contributed by atoms with Crippen molar-refractivity contribution in [1.29, 1.82) is 0 Å². The molecule has 0 aliphatic carbocycles. The molecular formula is C19H27IN4O. The molecule has 3 heterocycles. The average molecular weight is 454 g/mol. The Morgan fingerprint density at radius 3 is 2.56 bits per heavy atom. The molecule has 1 aromatic rings. The zero-order valence-corrected chi connectivity index (χ0v) is 17.0. The van der Waals surface area contributed by atoms with E-state index < -0.39 is 0 Å². The highest BCUT2D eigenvalue weighted by Crippen LogP contribution is 2.34. The van der Waals surface area contributed by atoms with Crippen molar-refractivity contribution in [2.45, 2.75) is 44.1 Å². The Morgan fingerprint density at radius 2 is 1.96 bits per heavy atom. The third-order valence-corrected chi connectivity index (χ3v) is 5.23. The maximum Gasteiger partial charge on any atom is 0.191 e. The molecule has 3 aliphatic heterocycles. The number of ether oxygens (including phenoxy) is 1. The van der Waals surface area contributed by atoms with Gasteiger partial charge in [0.15, 0.2) is 5.96 Å². The van der Waals surface area contributed by atoms with Gasteiger partial charge in [-0.05, 0) is 37.0 Å². The van der Waals surface area contributed by atoms with Crippen molar-refractivity contribution in [2.75, 3.05) is 25.0 Å². The van der Waals surface area contributed by atoms with Crippen LogP contribution in [0.5, 0.6) is 0 Å². The number of nitrogens with one attached hydrogen (secondary N) is 2. The minimum absolute atomic E-state index is 0. The van der Waals surface area contributed by atoms with Gasteiger partial charge in [-0.2, -0.15) is 0 Å². The number of fused-ring (bicyclic) bond motifs is 2. The topological polar surface area (TPSA) is 48.9 Å². The highest BCUT2D eigenvalue weighted by atomic mass is 127. The van der Waals surface area contributed by atoms with Crippen LogP contribution < -0.4 is 15.5 Å². The lowest BCUT2D eigenvalue weighted by Gasteiger charge is -2.23. The molecule has 3 unspecified atom stereocenters. The Labute approximate surface area is 166 Å². The molecule has 25 heavy (non-hydrogen) atoms. The number of hydrogen-bond donors (Lipinski definition) is 2. The lowest BCUT2D eigenvalue weighted by molar-refractivity contribution is 0.0992. The first-order valence-corrected chi connectivity index (χ1v) is 8.93. The second kappa shape index (κ2) is 8.40. The molecule has 0 saturated carbocycles. The van der Waals surface area contributed by atoms with E-state index in [0.717, 1.165) is 32.0 Å². The van der Waals surface area contributed by atoms with Gasteiger partial charge in [0.05, 0.1) is 18.2 Å². The number of aliphatic imine (C=N–C) groups is 1. The van der Waals surface area contributed by atoms with Gasteiger partial charge >= 0.3 is 0 Å². The maximum absolute atomic E-state index is 5.90. The summed E-state index contributed by atoms with van der Waals surface area (Å²) in [7, 11) is 1.83. The highest BCUT2D eigenvalue weighted by Gasteiger charge is 2.41. The molecule has 5 nitrogen and oxygen atoms in total. The second-order valence-electron chi connectivity index (χ2n) is 6.83. The smallest absolute Gasteiger partial charge is 0.191 e. The predicted octanol–water partition coefficient (Wildman–Crippen LogP) is 2.67. The van der Waals surface area contributed by atoms with Gasteiger partial charge < -0.3 is 20.3 Å². The fourth-order valence-corrected chi connectivity index (χ4v) is 3.86. The number of halogens is 1. The molecule has 2 fully saturated rings. The van der Waals surface area contributed by atoms with Crippen molar-refractivity contribution in [3.63, 3.8) is 0 Å². The second-order valence-corrected chi connectivity index (χ2v) is 6.83. The van der Waals surface area contributed by atoms with Crippen molar-refractivity contribution in [2.24, 2.45) is 4.99 Å². The van der Waals surface area contributed by atoms with E-state index in [2.05, 4.69) is 56.9 Å². The fourth-order valence-electron chi connectivity index (χ4n) is 3.86. The Hall–Kier alpha value is -1.28. The monoisotopic (exact) mass is 454 g/mol. The molecule has 3 atom stereocenters. The van der Waals surface area contributed by atoms with Gasteiger partial charge in [-0.1, -0.05) is 24.3 Å². The van der Waals surface area contributed by atoms with Gasteiger partial charge in [0, 0.05) is 32.4 Å². The third kappa shape index (κ3) is 4.28. The van der Waals surface area contributed by atoms with E-state index in [1.807, 2.05) is 7.05 Å². The van der Waals surface area contributed by atoms with Gasteiger partial charge in [0.2, 0.25) is 0 Å². The Morgan fingerprint density at radius 1 is 1.20 bits per heavy atom. The molecule has 2 bridgehead atoms. The summed E-state index contributed by atoms with van der Waals surface area (Å²) in [5, 5.41) is 6.94. The standard InChI is InChI=1S/C19H26N4O.HI/c1-20-19(22-17-12-16-8-9-18(17)24-16)21-13-14-4-6-15(7-5-14)23-10-2-3-11-23;/h2-7,16-18H,8-13H2,1H3,(H2,20,21,22);1H. The fraction of sp³-hybridized carbons (Fsp3) is 0.526. The summed E-state index contributed by atoms with van der Waals surface area (Å²) in [6, 6.07) is 9.18. The van der Waals surface area contributed by atoms with Crippen LogP contribution in [-0.4, -0.2) is 44.3 Å². The molecule has 4 rings (SSSR count). The van der Waals surface area contributed by atoms with Crippen molar-refractivity contribution in [3.05, 3.63) is 42.0 Å². The number of rotatable bonds is 4. The molecule has 3 aliphatic rings. The number of hydrogen-bond acceptors (Lipinski definition) is 3. The summed E-state index contributed by atoms with van der Waals surface area (Å²) in [6.45, 7) is 2.80. The Bertz CT molecular complexity index is 623. The first kappa shape index (κ1) is 18.5. The summed E-state index contributed by atoms with van der Waals surface area (Å²) in [6.07, 6.45) is 8.74. The number of nitrogens with zero attached hydrogens (tertiary/aromatic N) is 2. The Balaban J connectivity index is 0.00000182. The van der Waals surface area contributed by atoms with Gasteiger partial charge in [0.1, 0.15) is 0 Å². The van der Waals surface area contributed by atoms with E-state index in [1.165, 1.54) is 24.1 Å². The number of guanidine groups is 1. The van der Waals surface area contributed by atoms with Crippen LogP contribution >= 0.6 is 24.0 Å². The van der Waals surface area contributed by atoms with E-state index >= 15 is 0 Å². The normalized spacial score (nSPS) is 27.5. The van der Waals surface area contributed by atoms with Crippen LogP contribution in [0.2, 0.25) is 0 Å². The maximum atomic E-state index is 5.90. The van der Waals surface area contributed by atoms with E-state index in [4.69, 9.17) is 4.74 Å². The largest absolute Gasteiger partial charge is 0.373 e. The predicted molar refractivity (Wildman–Crippen MR) is 113 cm³/mol. The van der Waals surface area contributed by atoms with Gasteiger partial charge in [-0.25, -0.2) is 0 Å². The zero-order valence-electron chi connectivity index (χ0n) is 14.6. The third-order valence-electron chi connectivity index (χ3n) is 5.23. The summed E-state index contributed by atoms with van der Waals surface area (Å²) >= 11 is 0. The van der Waals surface area contributed by atoms with Crippen LogP contribution in [0.4, 0.5) is 5.69 Å². The minimum atomic E-state index is 0. The molecule has 0 radical (unpaired) electrons. The van der Waals surface area contributed by atoms with Gasteiger partial charge in [0.25, 0.3) is 0 Å². The van der Waals surface area contributed by atoms with Crippen molar-refractivity contribution < 1.29 is 4.74 Å². The summed E-state index contributed by atoms with van der Waals surface area (Å²) in [5.41, 5.74) is 2.54. The van der Waals surface area contributed by atoms with Crippen LogP contribution in [0.25, 0.3) is 0 Å². The first-order chi connectivity index (χ1) is 11.8. The molecule has 0 spiro atoms. The van der Waals surface area contributed by atoms with Crippen LogP contribution in [0, 0.1) is 0 Å². The average Bonchev–Trinajstić information content (AvgIpc) is 3.36. The Kier molecular flexibility index (Phi) is 6.22. The van der Waals surface area contributed by atoms with Crippen LogP contribution in [-0.2, 0) is 11.3 Å². The molecular weight excluding hydrogens is 427 g/mol. The molecule has 0 aromatic heterocycles. The summed E-state index contributed by atoms with van der Waals surface area (Å²) in [5.74, 6) is 0.865. The van der Waals surface area contributed by atoms with E-state index in [-0.39, 0.29) is 24.0 Å². The van der Waals surface area contributed by atoms with E-state index in [0.29, 0.717) is 18.2 Å².